The van der Waals surface area contributed by atoms with Crippen LogP contribution in [0, 0.1) is 0 Å². The maximum atomic E-state index is 11.6. The van der Waals surface area contributed by atoms with E-state index in [1.807, 2.05) is 24.5 Å². The summed E-state index contributed by atoms with van der Waals surface area (Å²) in [5, 5.41) is 2.91. The number of imidazole rings is 1. The Kier molecular flexibility index (Phi) is 4.58. The summed E-state index contributed by atoms with van der Waals surface area (Å²) in [4.78, 5) is 18.5. The van der Waals surface area contributed by atoms with Gasteiger partial charge in [-0.25, -0.2) is 4.98 Å². The number of aromatic amines is 1. The third kappa shape index (κ3) is 4.08. The van der Waals surface area contributed by atoms with Gasteiger partial charge in [-0.1, -0.05) is 0 Å². The van der Waals surface area contributed by atoms with Gasteiger partial charge in [0.1, 0.15) is 0 Å². The first-order chi connectivity index (χ1) is 8.84. The number of carbonyl (C=O) groups excluding carboxylic acids is 1. The lowest BCUT2D eigenvalue weighted by atomic mass is 10.2. The number of aromatic nitrogens is 3. The maximum absolute atomic E-state index is 11.6. The average molecular weight is 246 g/mol. The summed E-state index contributed by atoms with van der Waals surface area (Å²) < 4.78 is 2.08. The van der Waals surface area contributed by atoms with Crippen LogP contribution in [0.4, 0.5) is 0 Å². The molecule has 0 fully saturated rings. The fourth-order valence-corrected chi connectivity index (χ4v) is 1.79. The Bertz CT molecular complexity index is 405. The van der Waals surface area contributed by atoms with Gasteiger partial charge in [-0.3, -0.25) is 4.79 Å². The number of nitrogens with one attached hydrogen (secondary N) is 2. The third-order valence-corrected chi connectivity index (χ3v) is 2.76. The van der Waals surface area contributed by atoms with Crippen molar-refractivity contribution in [3.8, 4) is 0 Å². The maximum Gasteiger partial charge on any atom is 0.220 e. The van der Waals surface area contributed by atoms with E-state index in [1.54, 1.807) is 12.5 Å². The van der Waals surface area contributed by atoms with E-state index in [2.05, 4.69) is 19.9 Å². The van der Waals surface area contributed by atoms with Crippen LogP contribution in [0.1, 0.15) is 18.5 Å². The molecular formula is C13H18N4O. The molecule has 2 aromatic heterocycles. The molecule has 96 valence electrons. The second-order valence-electron chi connectivity index (χ2n) is 4.20. The summed E-state index contributed by atoms with van der Waals surface area (Å²) in [6, 6.07) is 3.98. The molecule has 0 unspecified atom stereocenters. The summed E-state index contributed by atoms with van der Waals surface area (Å²) in [5.74, 6) is 0.113. The Morgan fingerprint density at radius 2 is 2.22 bits per heavy atom. The number of H-pyrrole nitrogens is 1. The van der Waals surface area contributed by atoms with Crippen molar-refractivity contribution in [2.45, 2.75) is 25.8 Å². The number of aryl methyl sites for hydroxylation is 1. The number of carbonyl (C=O) groups is 1. The minimum atomic E-state index is 0.113. The molecule has 5 heteroatoms. The Balaban J connectivity index is 1.55. The molecular weight excluding hydrogens is 228 g/mol. The first-order valence-corrected chi connectivity index (χ1v) is 6.19. The van der Waals surface area contributed by atoms with Crippen molar-refractivity contribution in [2.24, 2.45) is 0 Å². The van der Waals surface area contributed by atoms with Gasteiger partial charge in [0.15, 0.2) is 0 Å². The zero-order valence-electron chi connectivity index (χ0n) is 10.3. The van der Waals surface area contributed by atoms with Crippen molar-refractivity contribution >= 4 is 5.91 Å². The van der Waals surface area contributed by atoms with Gasteiger partial charge in [-0.05, 0) is 18.6 Å². The van der Waals surface area contributed by atoms with E-state index in [4.69, 9.17) is 0 Å². The lowest BCUT2D eigenvalue weighted by Gasteiger charge is -2.05. The minimum Gasteiger partial charge on any atom is -0.356 e. The Morgan fingerprint density at radius 1 is 1.39 bits per heavy atom. The van der Waals surface area contributed by atoms with Gasteiger partial charge in [0.25, 0.3) is 0 Å². The quantitative estimate of drug-likeness (QED) is 0.774. The van der Waals surface area contributed by atoms with Crippen LogP contribution in [-0.4, -0.2) is 27.0 Å². The number of amides is 1. The second-order valence-corrected chi connectivity index (χ2v) is 4.20. The zero-order valence-corrected chi connectivity index (χ0v) is 10.3. The number of hydrogen-bond acceptors (Lipinski definition) is 2. The van der Waals surface area contributed by atoms with Gasteiger partial charge >= 0.3 is 0 Å². The number of hydrogen-bond donors (Lipinski definition) is 2. The van der Waals surface area contributed by atoms with Crippen LogP contribution in [0.15, 0.2) is 37.1 Å². The van der Waals surface area contributed by atoms with E-state index in [1.165, 1.54) is 0 Å². The molecule has 0 atom stereocenters. The Morgan fingerprint density at radius 3 is 2.94 bits per heavy atom. The highest BCUT2D eigenvalue weighted by Crippen LogP contribution is 1.97. The topological polar surface area (TPSA) is 62.7 Å². The number of rotatable bonds is 7. The average Bonchev–Trinajstić information content (AvgIpc) is 3.01. The summed E-state index contributed by atoms with van der Waals surface area (Å²) in [6.45, 7) is 1.55. The smallest absolute Gasteiger partial charge is 0.220 e. The molecule has 0 bridgehead atoms. The summed E-state index contributed by atoms with van der Waals surface area (Å²) in [6.07, 6.45) is 9.67. The molecule has 0 saturated carbocycles. The van der Waals surface area contributed by atoms with Crippen LogP contribution in [0.5, 0.6) is 0 Å². The summed E-state index contributed by atoms with van der Waals surface area (Å²) >= 11 is 0. The molecule has 0 saturated heterocycles. The lowest BCUT2D eigenvalue weighted by molar-refractivity contribution is -0.121. The molecule has 2 rings (SSSR count). The first-order valence-electron chi connectivity index (χ1n) is 6.19. The van der Waals surface area contributed by atoms with E-state index in [0.717, 1.165) is 25.1 Å². The highest BCUT2D eigenvalue weighted by atomic mass is 16.1. The molecule has 0 aliphatic carbocycles. The van der Waals surface area contributed by atoms with Crippen LogP contribution in [0.3, 0.4) is 0 Å². The summed E-state index contributed by atoms with van der Waals surface area (Å²) in [5.41, 5.74) is 1.04. The molecule has 0 aliphatic rings. The van der Waals surface area contributed by atoms with Crippen LogP contribution < -0.4 is 5.32 Å². The molecule has 0 aliphatic heterocycles. The predicted octanol–water partition coefficient (Wildman–Crippen LogP) is 1.35. The first kappa shape index (κ1) is 12.4. The SMILES string of the molecule is O=C(CCCn1cccc1)NCCc1cnc[nH]1. The molecule has 2 aromatic rings. The highest BCUT2D eigenvalue weighted by molar-refractivity contribution is 5.75. The third-order valence-electron chi connectivity index (χ3n) is 2.76. The van der Waals surface area contributed by atoms with Crippen LogP contribution in [0.25, 0.3) is 0 Å². The molecule has 0 spiro atoms. The lowest BCUT2D eigenvalue weighted by Crippen LogP contribution is -2.25. The molecule has 0 radical (unpaired) electrons. The minimum absolute atomic E-state index is 0.113. The van der Waals surface area contributed by atoms with Gasteiger partial charge in [-0.2, -0.15) is 0 Å². The Hall–Kier alpha value is -2.04. The van der Waals surface area contributed by atoms with E-state index >= 15 is 0 Å². The van der Waals surface area contributed by atoms with Crippen molar-refractivity contribution in [3.63, 3.8) is 0 Å². The van der Waals surface area contributed by atoms with E-state index in [9.17, 15) is 4.79 Å². The van der Waals surface area contributed by atoms with Gasteiger partial charge in [0.2, 0.25) is 5.91 Å². The van der Waals surface area contributed by atoms with E-state index < -0.39 is 0 Å². The normalized spacial score (nSPS) is 10.4. The molecule has 0 aromatic carbocycles. The van der Waals surface area contributed by atoms with Gasteiger partial charge in [-0.15, -0.1) is 0 Å². The van der Waals surface area contributed by atoms with Crippen LogP contribution in [0.2, 0.25) is 0 Å². The fraction of sp³-hybridized carbons (Fsp3) is 0.385. The van der Waals surface area contributed by atoms with Crippen molar-refractivity contribution in [3.05, 3.63) is 42.7 Å². The molecule has 18 heavy (non-hydrogen) atoms. The van der Waals surface area contributed by atoms with Crippen LogP contribution >= 0.6 is 0 Å². The molecule has 2 heterocycles. The fourth-order valence-electron chi connectivity index (χ4n) is 1.79. The Labute approximate surface area is 106 Å². The van der Waals surface area contributed by atoms with E-state index in [-0.39, 0.29) is 5.91 Å². The van der Waals surface area contributed by atoms with E-state index in [0.29, 0.717) is 13.0 Å². The summed E-state index contributed by atoms with van der Waals surface area (Å²) in [7, 11) is 0. The van der Waals surface area contributed by atoms with Crippen LogP contribution in [-0.2, 0) is 17.8 Å². The zero-order chi connectivity index (χ0) is 12.6. The van der Waals surface area contributed by atoms with Gasteiger partial charge < -0.3 is 14.9 Å². The largest absolute Gasteiger partial charge is 0.356 e. The van der Waals surface area contributed by atoms with Crippen molar-refractivity contribution < 1.29 is 4.79 Å². The standard InChI is InChI=1S/C13H18N4O/c18-13(4-3-9-17-7-1-2-8-17)15-6-5-12-10-14-11-16-12/h1-2,7-8,10-11H,3-6,9H2,(H,14,16)(H,15,18). The molecule has 2 N–H and O–H groups in total. The molecule has 1 amide bonds. The highest BCUT2D eigenvalue weighted by Gasteiger charge is 2.01. The van der Waals surface area contributed by atoms with Crippen molar-refractivity contribution in [1.29, 1.82) is 0 Å². The monoisotopic (exact) mass is 246 g/mol. The van der Waals surface area contributed by atoms with Crippen molar-refractivity contribution in [2.75, 3.05) is 6.54 Å². The molecule has 5 nitrogen and oxygen atoms in total. The van der Waals surface area contributed by atoms with Gasteiger partial charge in [0.05, 0.1) is 6.33 Å². The van der Waals surface area contributed by atoms with Crippen molar-refractivity contribution in [1.82, 2.24) is 19.9 Å². The second kappa shape index (κ2) is 6.64. The predicted molar refractivity (Wildman–Crippen MR) is 69.0 cm³/mol. The number of nitrogens with zero attached hydrogens (tertiary/aromatic N) is 2. The van der Waals surface area contributed by atoms with Gasteiger partial charge in [0, 0.05) is 50.2 Å².